The molecule has 3 atom stereocenters. The molecule has 0 saturated carbocycles. The van der Waals surface area contributed by atoms with Gasteiger partial charge in [0.25, 0.3) is 0 Å². The fraction of sp³-hybridized carbons (Fsp3) is 0.441. The number of phenols is 1. The fourth-order valence-electron chi connectivity index (χ4n) is 7.04. The van der Waals surface area contributed by atoms with E-state index in [0.717, 1.165) is 18.1 Å². The van der Waals surface area contributed by atoms with E-state index in [1.165, 1.54) is 0 Å². The minimum Gasteiger partial charge on any atom is -0.511 e. The Morgan fingerprint density at radius 3 is 2.33 bits per heavy atom. The first-order valence-electron chi connectivity index (χ1n) is 14.4. The van der Waals surface area contributed by atoms with Crippen molar-refractivity contribution in [2.75, 3.05) is 21.2 Å². The number of phenolic OH excluding ortho intramolecular Hbond substituents is 1. The zero-order valence-corrected chi connectivity index (χ0v) is 25.7. The second-order valence-electron chi connectivity index (χ2n) is 13.3. The first kappa shape index (κ1) is 30.5. The third-order valence-corrected chi connectivity index (χ3v) is 9.03. The molecule has 0 saturated heterocycles. The molecule has 0 aliphatic heterocycles. The SMILES string of the molecule is COc1ccc(CN(C)C)cc1-c1cc(C(C)(C)C)c(O)c2c1C[C@H]1C[C@H]3CC(O)=C(C(C)=O)C(=O)[C@@]3(O)C(O)=C1C2=O. The van der Waals surface area contributed by atoms with Gasteiger partial charge in [-0.25, -0.2) is 0 Å². The van der Waals surface area contributed by atoms with E-state index in [-0.39, 0.29) is 36.1 Å². The van der Waals surface area contributed by atoms with Crippen LogP contribution in [0.15, 0.2) is 46.9 Å². The van der Waals surface area contributed by atoms with Crippen LogP contribution in [0, 0.1) is 11.8 Å². The van der Waals surface area contributed by atoms with Gasteiger partial charge in [0.1, 0.15) is 28.6 Å². The van der Waals surface area contributed by atoms with Gasteiger partial charge in [0.2, 0.25) is 5.78 Å². The first-order chi connectivity index (χ1) is 20.0. The van der Waals surface area contributed by atoms with E-state index in [0.29, 0.717) is 29.0 Å². The van der Waals surface area contributed by atoms with Gasteiger partial charge in [0.15, 0.2) is 17.2 Å². The van der Waals surface area contributed by atoms with Gasteiger partial charge in [-0.2, -0.15) is 0 Å². The molecule has 3 aliphatic carbocycles. The van der Waals surface area contributed by atoms with Crippen LogP contribution in [0.3, 0.4) is 0 Å². The molecule has 9 heteroatoms. The number of aliphatic hydroxyl groups is 3. The molecule has 9 nitrogen and oxygen atoms in total. The quantitative estimate of drug-likeness (QED) is 0.364. The van der Waals surface area contributed by atoms with Crippen molar-refractivity contribution in [3.05, 3.63) is 69.2 Å². The molecule has 0 amide bonds. The Bertz CT molecular complexity index is 1640. The smallest absolute Gasteiger partial charge is 0.209 e. The lowest BCUT2D eigenvalue weighted by Gasteiger charge is -2.46. The van der Waals surface area contributed by atoms with Crippen LogP contribution in [0.2, 0.25) is 0 Å². The van der Waals surface area contributed by atoms with E-state index in [1.54, 1.807) is 7.11 Å². The van der Waals surface area contributed by atoms with Crippen LogP contribution in [0.4, 0.5) is 0 Å². The van der Waals surface area contributed by atoms with Crippen molar-refractivity contribution in [1.82, 2.24) is 4.90 Å². The largest absolute Gasteiger partial charge is 0.511 e. The van der Waals surface area contributed by atoms with E-state index in [9.17, 15) is 34.8 Å². The number of hydrogen-bond acceptors (Lipinski definition) is 9. The molecule has 3 aliphatic rings. The average molecular weight is 590 g/mol. The van der Waals surface area contributed by atoms with Gasteiger partial charge in [-0.1, -0.05) is 26.8 Å². The summed E-state index contributed by atoms with van der Waals surface area (Å²) in [5, 5.41) is 45.3. The second-order valence-corrected chi connectivity index (χ2v) is 13.3. The number of rotatable bonds is 5. The number of hydrogen-bond donors (Lipinski definition) is 4. The van der Waals surface area contributed by atoms with Crippen LogP contribution in [0.25, 0.3) is 11.1 Å². The number of ether oxygens (including phenoxy) is 1. The molecule has 0 radical (unpaired) electrons. The number of allylic oxidation sites excluding steroid dienone is 2. The molecule has 0 bridgehead atoms. The van der Waals surface area contributed by atoms with E-state index in [1.807, 2.05) is 64.0 Å². The maximum absolute atomic E-state index is 14.3. The summed E-state index contributed by atoms with van der Waals surface area (Å²) in [6.45, 7) is 7.52. The molecule has 0 unspecified atom stereocenters. The van der Waals surface area contributed by atoms with Crippen LogP contribution in [-0.2, 0) is 28.0 Å². The van der Waals surface area contributed by atoms with E-state index < -0.39 is 57.3 Å². The van der Waals surface area contributed by atoms with Crippen LogP contribution in [0.1, 0.15) is 67.6 Å². The minimum atomic E-state index is -2.53. The van der Waals surface area contributed by atoms with Crippen molar-refractivity contribution in [2.45, 2.75) is 64.5 Å². The van der Waals surface area contributed by atoms with Gasteiger partial charge in [-0.05, 0) is 80.1 Å². The van der Waals surface area contributed by atoms with E-state index >= 15 is 0 Å². The summed E-state index contributed by atoms with van der Waals surface area (Å²) < 4.78 is 5.75. The highest BCUT2D eigenvalue weighted by molar-refractivity contribution is 6.25. The number of nitrogens with zero attached hydrogens (tertiary/aromatic N) is 1. The lowest BCUT2D eigenvalue weighted by Crippen LogP contribution is -2.56. The number of carbonyl (C=O) groups is 3. The molecule has 2 aromatic carbocycles. The summed E-state index contributed by atoms with van der Waals surface area (Å²) in [5.41, 5.74) is -0.246. The molecule has 4 N–H and O–H groups in total. The van der Waals surface area contributed by atoms with Crippen LogP contribution in [-0.4, -0.2) is 69.5 Å². The molecule has 5 rings (SSSR count). The molecule has 2 aromatic rings. The van der Waals surface area contributed by atoms with Crippen LogP contribution < -0.4 is 4.74 Å². The standard InChI is InChI=1S/C34H39NO8/c1-16(36)26-24(37)13-19-11-18-12-22-20(21-10-17(15-35(5)6)8-9-25(21)43-7)14-23(33(2,3)4)29(38)28(22)30(39)27(18)32(41)34(19,42)31(26)40/h8-10,14,18-19,37-38,41-42H,11-13,15H2,1-7H3/t18-,19+,34-/m1/s1. The number of methoxy groups -OCH3 is 1. The van der Waals surface area contributed by atoms with Gasteiger partial charge in [-0.3, -0.25) is 14.4 Å². The second kappa shape index (κ2) is 10.3. The summed E-state index contributed by atoms with van der Waals surface area (Å²) in [6, 6.07) is 7.75. The van der Waals surface area contributed by atoms with Crippen molar-refractivity contribution in [3.8, 4) is 22.6 Å². The summed E-state index contributed by atoms with van der Waals surface area (Å²) in [5.74, 6) is -4.97. The van der Waals surface area contributed by atoms with Gasteiger partial charge in [0, 0.05) is 35.6 Å². The first-order valence-corrected chi connectivity index (χ1v) is 14.4. The number of Topliss-reactive ketones (excluding diaryl/α,β-unsaturated/α-hetero) is 3. The summed E-state index contributed by atoms with van der Waals surface area (Å²) in [6.07, 6.45) is 0.119. The maximum atomic E-state index is 14.3. The topological polar surface area (TPSA) is 145 Å². The number of fused-ring (bicyclic) bond motifs is 3. The number of benzene rings is 2. The molecule has 0 fully saturated rings. The summed E-state index contributed by atoms with van der Waals surface area (Å²) >= 11 is 0. The van der Waals surface area contributed by atoms with E-state index in [2.05, 4.69) is 0 Å². The fourth-order valence-corrected chi connectivity index (χ4v) is 7.04. The molecule has 43 heavy (non-hydrogen) atoms. The Hall–Kier alpha value is -3.95. The third-order valence-electron chi connectivity index (χ3n) is 9.03. The van der Waals surface area contributed by atoms with Crippen LogP contribution in [0.5, 0.6) is 11.5 Å². The zero-order chi connectivity index (χ0) is 31.8. The predicted octanol–water partition coefficient (Wildman–Crippen LogP) is 4.72. The zero-order valence-electron chi connectivity index (χ0n) is 25.7. The number of ketones is 3. The molecule has 0 aromatic heterocycles. The van der Waals surface area contributed by atoms with Gasteiger partial charge in [-0.15, -0.1) is 0 Å². The summed E-state index contributed by atoms with van der Waals surface area (Å²) in [7, 11) is 5.51. The molecular formula is C34H39NO8. The van der Waals surface area contributed by atoms with Crippen molar-refractivity contribution < 1.29 is 39.5 Å². The lowest BCUT2D eigenvalue weighted by molar-refractivity contribution is -0.144. The predicted molar refractivity (Wildman–Crippen MR) is 160 cm³/mol. The Kier molecular flexibility index (Phi) is 7.34. The number of carbonyl (C=O) groups excluding carboxylic acids is 3. The van der Waals surface area contributed by atoms with Crippen molar-refractivity contribution in [1.29, 1.82) is 0 Å². The average Bonchev–Trinajstić information content (AvgIpc) is 2.89. The van der Waals surface area contributed by atoms with Crippen molar-refractivity contribution in [3.63, 3.8) is 0 Å². The van der Waals surface area contributed by atoms with Gasteiger partial charge < -0.3 is 30.1 Å². The Morgan fingerprint density at radius 1 is 1.07 bits per heavy atom. The third kappa shape index (κ3) is 4.66. The summed E-state index contributed by atoms with van der Waals surface area (Å²) in [4.78, 5) is 41.9. The highest BCUT2D eigenvalue weighted by Gasteiger charge is 2.59. The maximum Gasteiger partial charge on any atom is 0.209 e. The van der Waals surface area contributed by atoms with Crippen molar-refractivity contribution >= 4 is 17.3 Å². The highest BCUT2D eigenvalue weighted by atomic mass is 16.5. The molecular weight excluding hydrogens is 550 g/mol. The molecule has 0 spiro atoms. The van der Waals surface area contributed by atoms with E-state index in [4.69, 9.17) is 4.74 Å². The Morgan fingerprint density at radius 2 is 1.74 bits per heavy atom. The Labute approximate surface area is 251 Å². The minimum absolute atomic E-state index is 0.00998. The number of aliphatic hydroxyl groups excluding tert-OH is 2. The lowest BCUT2D eigenvalue weighted by atomic mass is 9.59. The van der Waals surface area contributed by atoms with Crippen molar-refractivity contribution in [2.24, 2.45) is 11.8 Å². The number of aromatic hydroxyl groups is 1. The monoisotopic (exact) mass is 589 g/mol. The normalized spacial score (nSPS) is 23.7. The van der Waals surface area contributed by atoms with Crippen LogP contribution >= 0.6 is 0 Å². The highest BCUT2D eigenvalue weighted by Crippen LogP contribution is 2.54. The van der Waals surface area contributed by atoms with Gasteiger partial charge in [0.05, 0.1) is 12.7 Å². The Balaban J connectivity index is 1.78. The molecule has 0 heterocycles. The molecule has 228 valence electrons. The van der Waals surface area contributed by atoms with Gasteiger partial charge >= 0.3 is 0 Å².